The third-order valence-electron chi connectivity index (χ3n) is 3.94. The summed E-state index contributed by atoms with van der Waals surface area (Å²) in [7, 11) is 0. The van der Waals surface area contributed by atoms with Gasteiger partial charge >= 0.3 is 12.4 Å². The minimum absolute atomic E-state index is 0.0998. The normalized spacial score (nSPS) is 11.5. The molecule has 2 N–H and O–H groups in total. The Morgan fingerprint density at radius 1 is 0.781 bits per heavy atom. The zero-order valence-electron chi connectivity index (χ0n) is 16.6. The predicted octanol–water partition coefficient (Wildman–Crippen LogP) is 5.68. The standard InChI is InChI=1S/C14H8F6O.C8H12N2O/c15-13(16,17)9-1-5-11(6-2-9)21-12-7-3-10(4-8-12)14(18,19)20;11-5-4-10-7-8-2-1-3-9-6-8/h1-8H;1-3,6,10-11H,4-5,7H2. The van der Waals surface area contributed by atoms with Crippen LogP contribution in [0, 0.1) is 0 Å². The van der Waals surface area contributed by atoms with Crippen LogP contribution in [-0.2, 0) is 18.9 Å². The van der Waals surface area contributed by atoms with E-state index in [9.17, 15) is 26.3 Å². The van der Waals surface area contributed by atoms with Crippen LogP contribution in [0.5, 0.6) is 11.5 Å². The molecule has 10 heteroatoms. The Hall–Kier alpha value is -3.11. The molecule has 0 fully saturated rings. The maximum atomic E-state index is 12.4. The Bertz CT molecular complexity index is 872. The van der Waals surface area contributed by atoms with Gasteiger partial charge < -0.3 is 15.2 Å². The molecule has 0 saturated heterocycles. The predicted molar refractivity (Wildman–Crippen MR) is 106 cm³/mol. The molecule has 0 aliphatic carbocycles. The summed E-state index contributed by atoms with van der Waals surface area (Å²) >= 11 is 0. The number of aliphatic hydroxyl groups is 1. The molecule has 0 aliphatic heterocycles. The quantitative estimate of drug-likeness (QED) is 0.369. The van der Waals surface area contributed by atoms with Crippen LogP contribution in [-0.4, -0.2) is 23.2 Å². The van der Waals surface area contributed by atoms with E-state index in [2.05, 4.69) is 10.3 Å². The van der Waals surface area contributed by atoms with Gasteiger partial charge in [-0.25, -0.2) is 0 Å². The number of hydrogen-bond donors (Lipinski definition) is 2. The molecule has 2 aromatic carbocycles. The number of benzene rings is 2. The van der Waals surface area contributed by atoms with Gasteiger partial charge in [0.2, 0.25) is 0 Å². The van der Waals surface area contributed by atoms with E-state index in [1.807, 2.05) is 18.3 Å². The third-order valence-corrected chi connectivity index (χ3v) is 3.94. The van der Waals surface area contributed by atoms with Gasteiger partial charge in [0.1, 0.15) is 11.5 Å². The Morgan fingerprint density at radius 3 is 1.66 bits per heavy atom. The molecule has 0 bridgehead atoms. The number of alkyl halides is 6. The number of hydrogen-bond acceptors (Lipinski definition) is 4. The van der Waals surface area contributed by atoms with Crippen LogP contribution in [0.25, 0.3) is 0 Å². The fraction of sp³-hybridized carbons (Fsp3) is 0.227. The van der Waals surface area contributed by atoms with E-state index in [0.29, 0.717) is 6.54 Å². The highest BCUT2D eigenvalue weighted by Gasteiger charge is 2.31. The molecule has 0 atom stereocenters. The van der Waals surface area contributed by atoms with Crippen molar-refractivity contribution in [3.8, 4) is 11.5 Å². The number of ether oxygens (including phenoxy) is 1. The Balaban J connectivity index is 0.000000278. The number of aromatic nitrogens is 1. The highest BCUT2D eigenvalue weighted by Crippen LogP contribution is 2.33. The largest absolute Gasteiger partial charge is 0.457 e. The lowest BCUT2D eigenvalue weighted by atomic mass is 10.2. The second kappa shape index (κ2) is 11.5. The number of pyridine rings is 1. The van der Waals surface area contributed by atoms with Crippen LogP contribution in [0.3, 0.4) is 0 Å². The van der Waals surface area contributed by atoms with E-state index < -0.39 is 23.5 Å². The second-order valence-corrected chi connectivity index (χ2v) is 6.41. The van der Waals surface area contributed by atoms with Gasteiger partial charge in [-0.15, -0.1) is 0 Å². The van der Waals surface area contributed by atoms with Crippen LogP contribution in [0.4, 0.5) is 26.3 Å². The molecule has 0 amide bonds. The number of nitrogens with one attached hydrogen (secondary N) is 1. The maximum absolute atomic E-state index is 12.4. The van der Waals surface area contributed by atoms with Gasteiger partial charge in [0, 0.05) is 25.5 Å². The smallest absolute Gasteiger partial charge is 0.416 e. The summed E-state index contributed by atoms with van der Waals surface area (Å²) in [5, 5.41) is 11.5. The topological polar surface area (TPSA) is 54.4 Å². The summed E-state index contributed by atoms with van der Waals surface area (Å²) in [5.74, 6) is 0.200. The molecule has 3 aromatic rings. The van der Waals surface area contributed by atoms with Gasteiger partial charge in [0.25, 0.3) is 0 Å². The van der Waals surface area contributed by atoms with E-state index in [1.54, 1.807) is 6.20 Å². The van der Waals surface area contributed by atoms with Crippen molar-refractivity contribution < 1.29 is 36.2 Å². The molecular formula is C22H20F6N2O2. The van der Waals surface area contributed by atoms with Crippen LogP contribution in [0.2, 0.25) is 0 Å². The minimum Gasteiger partial charge on any atom is -0.457 e. The van der Waals surface area contributed by atoms with Gasteiger partial charge in [-0.3, -0.25) is 4.98 Å². The average Bonchev–Trinajstić information content (AvgIpc) is 2.75. The zero-order chi connectivity index (χ0) is 23.6. The summed E-state index contributed by atoms with van der Waals surface area (Å²) in [6.45, 7) is 1.59. The van der Waals surface area contributed by atoms with Crippen LogP contribution >= 0.6 is 0 Å². The molecule has 1 heterocycles. The minimum atomic E-state index is -4.45. The first kappa shape index (κ1) is 25.2. The molecule has 0 spiro atoms. The lowest BCUT2D eigenvalue weighted by Gasteiger charge is -2.10. The van der Waals surface area contributed by atoms with Crippen LogP contribution in [0.1, 0.15) is 16.7 Å². The van der Waals surface area contributed by atoms with Crippen molar-refractivity contribution in [2.75, 3.05) is 13.2 Å². The van der Waals surface area contributed by atoms with Crippen molar-refractivity contribution in [1.29, 1.82) is 0 Å². The molecule has 0 unspecified atom stereocenters. The third kappa shape index (κ3) is 8.56. The summed E-state index contributed by atoms with van der Waals surface area (Å²) in [6.07, 6.45) is -5.35. The Morgan fingerprint density at radius 2 is 1.28 bits per heavy atom. The van der Waals surface area contributed by atoms with Gasteiger partial charge in [0.05, 0.1) is 17.7 Å². The number of aliphatic hydroxyl groups excluding tert-OH is 1. The SMILES string of the molecule is FC(F)(F)c1ccc(Oc2ccc(C(F)(F)F)cc2)cc1.OCCNCc1cccnc1. The lowest BCUT2D eigenvalue weighted by Crippen LogP contribution is -2.17. The van der Waals surface area contributed by atoms with Crippen molar-refractivity contribution in [2.24, 2.45) is 0 Å². The first-order valence-electron chi connectivity index (χ1n) is 9.32. The zero-order valence-corrected chi connectivity index (χ0v) is 16.6. The number of nitrogens with zero attached hydrogens (tertiary/aromatic N) is 1. The second-order valence-electron chi connectivity index (χ2n) is 6.41. The molecule has 0 saturated carbocycles. The van der Waals surface area contributed by atoms with Gasteiger partial charge in [0.15, 0.2) is 0 Å². The molecule has 32 heavy (non-hydrogen) atoms. The summed E-state index contributed by atoms with van der Waals surface area (Å²) in [4.78, 5) is 3.96. The van der Waals surface area contributed by atoms with E-state index in [4.69, 9.17) is 9.84 Å². The fourth-order valence-corrected chi connectivity index (χ4v) is 2.37. The molecule has 0 aliphatic rings. The Kier molecular flexibility index (Phi) is 9.03. The molecule has 3 rings (SSSR count). The van der Waals surface area contributed by atoms with E-state index in [-0.39, 0.29) is 18.1 Å². The molecule has 0 radical (unpaired) electrons. The highest BCUT2D eigenvalue weighted by atomic mass is 19.4. The van der Waals surface area contributed by atoms with Crippen molar-refractivity contribution in [2.45, 2.75) is 18.9 Å². The monoisotopic (exact) mass is 458 g/mol. The highest BCUT2D eigenvalue weighted by molar-refractivity contribution is 5.35. The van der Waals surface area contributed by atoms with Gasteiger partial charge in [-0.1, -0.05) is 6.07 Å². The van der Waals surface area contributed by atoms with Gasteiger partial charge in [-0.2, -0.15) is 26.3 Å². The first-order chi connectivity index (χ1) is 15.1. The molecule has 4 nitrogen and oxygen atoms in total. The van der Waals surface area contributed by atoms with E-state index >= 15 is 0 Å². The Labute approximate surface area is 180 Å². The van der Waals surface area contributed by atoms with E-state index in [0.717, 1.165) is 60.6 Å². The van der Waals surface area contributed by atoms with E-state index in [1.165, 1.54) is 0 Å². The van der Waals surface area contributed by atoms with Crippen molar-refractivity contribution in [1.82, 2.24) is 10.3 Å². The van der Waals surface area contributed by atoms with Crippen LogP contribution < -0.4 is 10.1 Å². The summed E-state index contributed by atoms with van der Waals surface area (Å²) in [5.41, 5.74) is -0.523. The molecule has 172 valence electrons. The van der Waals surface area contributed by atoms with Crippen LogP contribution in [0.15, 0.2) is 73.1 Å². The van der Waals surface area contributed by atoms with Crippen molar-refractivity contribution >= 4 is 0 Å². The summed E-state index contributed by atoms with van der Waals surface area (Å²) in [6, 6.07) is 11.6. The number of halogens is 6. The molecular weight excluding hydrogens is 438 g/mol. The average molecular weight is 458 g/mol. The van der Waals surface area contributed by atoms with Crippen molar-refractivity contribution in [3.63, 3.8) is 0 Å². The number of rotatable bonds is 6. The molecule has 1 aromatic heterocycles. The fourth-order valence-electron chi connectivity index (χ4n) is 2.37. The first-order valence-corrected chi connectivity index (χ1v) is 9.32. The van der Waals surface area contributed by atoms with Crippen molar-refractivity contribution in [3.05, 3.63) is 89.7 Å². The summed E-state index contributed by atoms with van der Waals surface area (Å²) < 4.78 is 79.3. The van der Waals surface area contributed by atoms with Gasteiger partial charge in [-0.05, 0) is 60.2 Å². The lowest BCUT2D eigenvalue weighted by molar-refractivity contribution is -0.138. The maximum Gasteiger partial charge on any atom is 0.416 e.